The van der Waals surface area contributed by atoms with Crippen LogP contribution in [0.4, 0.5) is 0 Å². The number of aromatic amines is 2. The number of halogens is 1. The molecule has 2 aromatic heterocycles. The zero-order valence-corrected chi connectivity index (χ0v) is 19.0. The van der Waals surface area contributed by atoms with Gasteiger partial charge in [0, 0.05) is 18.3 Å². The van der Waals surface area contributed by atoms with Crippen molar-refractivity contribution in [1.82, 2.24) is 19.6 Å². The normalized spacial score (nSPS) is 10.7. The first-order valence-corrected chi connectivity index (χ1v) is 9.99. The van der Waals surface area contributed by atoms with Crippen molar-refractivity contribution in [3.63, 3.8) is 0 Å². The lowest BCUT2D eigenvalue weighted by atomic mass is 10.3. The summed E-state index contributed by atoms with van der Waals surface area (Å²) in [6.07, 6.45) is 1.48. The fraction of sp³-hybridized carbons (Fsp3) is 0.556. The molecule has 10 nitrogen and oxygen atoms in total. The molecular weight excluding hydrogens is 448 g/mol. The summed E-state index contributed by atoms with van der Waals surface area (Å²) in [5.41, 5.74) is -0.766. The van der Waals surface area contributed by atoms with Crippen LogP contribution in [0.15, 0.2) is 20.4 Å². The zero-order valence-electron chi connectivity index (χ0n) is 17.4. The maximum absolute atomic E-state index is 11.5. The number of rotatable bonds is 6. The minimum absolute atomic E-state index is 0.0190. The van der Waals surface area contributed by atoms with E-state index in [0.29, 0.717) is 4.60 Å². The first-order chi connectivity index (χ1) is 13.5. The molecule has 0 aromatic carbocycles. The van der Waals surface area contributed by atoms with E-state index in [1.54, 1.807) is 23.2 Å². The van der Waals surface area contributed by atoms with Crippen molar-refractivity contribution in [3.05, 3.63) is 42.6 Å². The molecule has 0 aliphatic heterocycles. The Morgan fingerprint density at radius 1 is 0.966 bits per heavy atom. The van der Waals surface area contributed by atoms with Gasteiger partial charge in [0.1, 0.15) is 10.2 Å². The Kier molecular flexibility index (Phi) is 9.15. The number of H-pyrrole nitrogens is 2. The van der Waals surface area contributed by atoms with E-state index in [-0.39, 0.29) is 36.4 Å². The van der Waals surface area contributed by atoms with Gasteiger partial charge in [0.2, 0.25) is 0 Å². The van der Waals surface area contributed by atoms with E-state index in [4.69, 9.17) is 9.47 Å². The molecule has 0 spiro atoms. The minimum atomic E-state index is -0.606. The van der Waals surface area contributed by atoms with Crippen LogP contribution < -0.4 is 11.1 Å². The molecule has 0 amide bonds. The SMILES string of the molecule is CCOC(=O)c1c(Br)n(C(C)C)[nH]c1=O.CCOC(=O)c1cn(C(C)C)[nH]c1=O. The molecule has 0 fully saturated rings. The van der Waals surface area contributed by atoms with Crippen molar-refractivity contribution < 1.29 is 19.1 Å². The van der Waals surface area contributed by atoms with Crippen molar-refractivity contribution in [1.29, 1.82) is 0 Å². The third-order valence-electron chi connectivity index (χ3n) is 3.66. The summed E-state index contributed by atoms with van der Waals surface area (Å²) < 4.78 is 13.1. The molecule has 0 aliphatic carbocycles. The second-order valence-corrected chi connectivity index (χ2v) is 7.25. The lowest BCUT2D eigenvalue weighted by Crippen LogP contribution is -2.15. The van der Waals surface area contributed by atoms with Crippen LogP contribution in [0.3, 0.4) is 0 Å². The Balaban J connectivity index is 0.000000291. The molecule has 0 unspecified atom stereocenters. The van der Waals surface area contributed by atoms with Gasteiger partial charge in [0.15, 0.2) is 5.56 Å². The first kappa shape index (κ1) is 24.5. The monoisotopic (exact) mass is 474 g/mol. The molecule has 0 saturated heterocycles. The van der Waals surface area contributed by atoms with Gasteiger partial charge in [0.25, 0.3) is 11.1 Å². The molecule has 29 heavy (non-hydrogen) atoms. The largest absolute Gasteiger partial charge is 0.462 e. The standard InChI is InChI=1S/C9H13BrN2O3.C9H14N2O3/c1-4-15-9(14)6-7(10)12(5(2)3)11-8(6)13;1-4-14-9(13)7-5-11(6(2)3)10-8(7)12/h5H,4H2,1-3H3,(H,11,13);5-6H,4H2,1-3H3,(H,10,12). The first-order valence-electron chi connectivity index (χ1n) is 9.20. The molecule has 2 heterocycles. The van der Waals surface area contributed by atoms with E-state index in [1.165, 1.54) is 6.20 Å². The third-order valence-corrected chi connectivity index (χ3v) is 4.44. The van der Waals surface area contributed by atoms with E-state index < -0.39 is 23.1 Å². The van der Waals surface area contributed by atoms with E-state index in [9.17, 15) is 19.2 Å². The Morgan fingerprint density at radius 2 is 1.52 bits per heavy atom. The molecule has 2 rings (SSSR count). The van der Waals surface area contributed by atoms with E-state index in [0.717, 1.165) is 0 Å². The number of nitrogens with one attached hydrogen (secondary N) is 2. The fourth-order valence-corrected chi connectivity index (χ4v) is 3.04. The number of carbonyl (C=O) groups excluding carboxylic acids is 2. The summed E-state index contributed by atoms with van der Waals surface area (Å²) >= 11 is 3.20. The van der Waals surface area contributed by atoms with Gasteiger partial charge in [-0.2, -0.15) is 0 Å². The summed E-state index contributed by atoms with van der Waals surface area (Å²) in [6.45, 7) is 11.5. The van der Waals surface area contributed by atoms with Crippen LogP contribution in [0, 0.1) is 0 Å². The summed E-state index contributed by atoms with van der Waals surface area (Å²) in [4.78, 5) is 45.4. The van der Waals surface area contributed by atoms with Crippen LogP contribution in [0.5, 0.6) is 0 Å². The van der Waals surface area contributed by atoms with E-state index in [1.807, 2.05) is 27.7 Å². The Labute approximate surface area is 176 Å². The number of ether oxygens (including phenoxy) is 2. The van der Waals surface area contributed by atoms with Gasteiger partial charge in [-0.05, 0) is 57.5 Å². The van der Waals surface area contributed by atoms with Crippen LogP contribution >= 0.6 is 15.9 Å². The molecule has 0 aliphatic rings. The maximum atomic E-state index is 11.5. The van der Waals surface area contributed by atoms with Crippen LogP contribution in [0.1, 0.15) is 74.3 Å². The van der Waals surface area contributed by atoms with Crippen LogP contribution in [-0.4, -0.2) is 44.7 Å². The van der Waals surface area contributed by atoms with Gasteiger partial charge < -0.3 is 9.47 Å². The van der Waals surface area contributed by atoms with Crippen molar-refractivity contribution in [2.45, 2.75) is 53.6 Å². The number of carbonyl (C=O) groups is 2. The van der Waals surface area contributed by atoms with E-state index in [2.05, 4.69) is 26.1 Å². The highest BCUT2D eigenvalue weighted by molar-refractivity contribution is 9.10. The highest BCUT2D eigenvalue weighted by Crippen LogP contribution is 2.17. The number of hydrogen-bond donors (Lipinski definition) is 2. The number of hydrogen-bond acceptors (Lipinski definition) is 6. The van der Waals surface area contributed by atoms with Gasteiger partial charge in [-0.1, -0.05) is 0 Å². The van der Waals surface area contributed by atoms with Crippen LogP contribution in [0.2, 0.25) is 0 Å². The van der Waals surface area contributed by atoms with Crippen molar-refractivity contribution in [2.24, 2.45) is 0 Å². The van der Waals surface area contributed by atoms with Gasteiger partial charge in [-0.25, -0.2) is 9.59 Å². The number of esters is 2. The van der Waals surface area contributed by atoms with Gasteiger partial charge in [-0.15, -0.1) is 0 Å². The van der Waals surface area contributed by atoms with Crippen LogP contribution in [0.25, 0.3) is 0 Å². The molecule has 0 bridgehead atoms. The van der Waals surface area contributed by atoms with Gasteiger partial charge in [-0.3, -0.25) is 29.2 Å². The summed E-state index contributed by atoms with van der Waals surface area (Å²) in [7, 11) is 0. The number of aromatic nitrogens is 4. The molecule has 11 heteroatoms. The van der Waals surface area contributed by atoms with Crippen LogP contribution in [-0.2, 0) is 9.47 Å². The summed E-state index contributed by atoms with van der Waals surface area (Å²) in [5, 5.41) is 5.11. The molecule has 0 radical (unpaired) electrons. The Morgan fingerprint density at radius 3 is 1.93 bits per heavy atom. The summed E-state index contributed by atoms with van der Waals surface area (Å²) in [6, 6.07) is 0.182. The molecule has 0 atom stereocenters. The topological polar surface area (TPSA) is 128 Å². The van der Waals surface area contributed by atoms with Gasteiger partial charge in [0.05, 0.1) is 13.2 Å². The van der Waals surface area contributed by atoms with E-state index >= 15 is 0 Å². The van der Waals surface area contributed by atoms with Crippen molar-refractivity contribution >= 4 is 27.9 Å². The zero-order chi connectivity index (χ0) is 22.3. The molecule has 2 N–H and O–H groups in total. The predicted octanol–water partition coefficient (Wildman–Crippen LogP) is 2.63. The fourth-order valence-electron chi connectivity index (χ4n) is 2.20. The smallest absolute Gasteiger partial charge is 0.346 e. The Bertz CT molecular complexity index is 950. The molecule has 162 valence electrons. The lowest BCUT2D eigenvalue weighted by Gasteiger charge is -2.07. The average molecular weight is 475 g/mol. The quantitative estimate of drug-likeness (QED) is 0.619. The molecule has 0 saturated carbocycles. The van der Waals surface area contributed by atoms with Crippen molar-refractivity contribution in [3.8, 4) is 0 Å². The minimum Gasteiger partial charge on any atom is -0.462 e. The Hall–Kier alpha value is -2.56. The average Bonchev–Trinajstić information content (AvgIpc) is 3.16. The molecular formula is C18H27BrN4O6. The predicted molar refractivity (Wildman–Crippen MR) is 110 cm³/mol. The highest BCUT2D eigenvalue weighted by Gasteiger charge is 2.21. The second-order valence-electron chi connectivity index (χ2n) is 6.50. The third kappa shape index (κ3) is 6.21. The summed E-state index contributed by atoms with van der Waals surface area (Å²) in [5.74, 6) is -1.18. The lowest BCUT2D eigenvalue weighted by molar-refractivity contribution is 0.0514. The van der Waals surface area contributed by atoms with Crippen molar-refractivity contribution in [2.75, 3.05) is 13.2 Å². The highest BCUT2D eigenvalue weighted by atomic mass is 79.9. The maximum Gasteiger partial charge on any atom is 0.346 e. The molecule has 2 aromatic rings. The second kappa shape index (κ2) is 10.8. The number of nitrogens with zero attached hydrogens (tertiary/aromatic N) is 2. The van der Waals surface area contributed by atoms with Gasteiger partial charge >= 0.3 is 11.9 Å².